The Balaban J connectivity index is 2.38. The third-order valence-electron chi connectivity index (χ3n) is 2.75. The Morgan fingerprint density at radius 2 is 1.67 bits per heavy atom. The standard InChI is InChI=1S/C14H19N3O4/c1-10(18)15-7-8-16-14(21)17-9-12(13(19)20)11-5-3-2-4-6-11/h2-6,12H,7-9H2,1H3,(H,15,18)(H,19,20)(H2,16,17,21). The summed E-state index contributed by atoms with van der Waals surface area (Å²) in [5.74, 6) is -1.97. The molecule has 1 unspecified atom stereocenters. The van der Waals surface area contributed by atoms with Gasteiger partial charge in [-0.1, -0.05) is 30.3 Å². The van der Waals surface area contributed by atoms with Crippen LogP contribution in [-0.4, -0.2) is 42.6 Å². The van der Waals surface area contributed by atoms with Gasteiger partial charge in [0.05, 0.1) is 5.92 Å². The van der Waals surface area contributed by atoms with E-state index in [1.54, 1.807) is 30.3 Å². The molecule has 0 saturated heterocycles. The van der Waals surface area contributed by atoms with Crippen molar-refractivity contribution in [1.29, 1.82) is 0 Å². The van der Waals surface area contributed by atoms with Crippen LogP contribution in [0.5, 0.6) is 0 Å². The molecule has 0 aliphatic rings. The number of carbonyl (C=O) groups is 3. The van der Waals surface area contributed by atoms with Gasteiger partial charge in [-0.3, -0.25) is 9.59 Å². The molecule has 1 aromatic carbocycles. The van der Waals surface area contributed by atoms with E-state index >= 15 is 0 Å². The smallest absolute Gasteiger partial charge is 0.314 e. The molecule has 0 spiro atoms. The average Bonchev–Trinajstić information content (AvgIpc) is 2.44. The minimum Gasteiger partial charge on any atom is -0.481 e. The molecule has 0 aliphatic heterocycles. The zero-order valence-corrected chi connectivity index (χ0v) is 11.8. The van der Waals surface area contributed by atoms with Crippen molar-refractivity contribution >= 4 is 17.9 Å². The molecular formula is C14H19N3O4. The van der Waals surface area contributed by atoms with Gasteiger partial charge < -0.3 is 21.1 Å². The minimum absolute atomic E-state index is 0.00861. The molecule has 3 amide bonds. The van der Waals surface area contributed by atoms with Crippen LogP contribution in [0.4, 0.5) is 4.79 Å². The van der Waals surface area contributed by atoms with E-state index in [1.807, 2.05) is 0 Å². The first kappa shape index (κ1) is 16.5. The van der Waals surface area contributed by atoms with Crippen LogP contribution in [0.1, 0.15) is 18.4 Å². The molecule has 7 nitrogen and oxygen atoms in total. The van der Waals surface area contributed by atoms with Crippen LogP contribution < -0.4 is 16.0 Å². The fourth-order valence-corrected chi connectivity index (χ4v) is 1.70. The number of benzene rings is 1. The molecule has 0 bridgehead atoms. The van der Waals surface area contributed by atoms with Crippen molar-refractivity contribution in [2.45, 2.75) is 12.8 Å². The average molecular weight is 293 g/mol. The molecule has 0 heterocycles. The Kier molecular flexibility index (Phi) is 6.73. The van der Waals surface area contributed by atoms with Crippen molar-refractivity contribution in [2.75, 3.05) is 19.6 Å². The van der Waals surface area contributed by atoms with Crippen molar-refractivity contribution in [3.8, 4) is 0 Å². The number of carbonyl (C=O) groups excluding carboxylic acids is 2. The van der Waals surface area contributed by atoms with Crippen LogP contribution in [0.25, 0.3) is 0 Å². The summed E-state index contributed by atoms with van der Waals surface area (Å²) >= 11 is 0. The normalized spacial score (nSPS) is 11.3. The van der Waals surface area contributed by atoms with E-state index in [4.69, 9.17) is 0 Å². The van der Waals surface area contributed by atoms with Crippen LogP contribution in [0.2, 0.25) is 0 Å². The third kappa shape index (κ3) is 6.42. The van der Waals surface area contributed by atoms with E-state index in [1.165, 1.54) is 6.92 Å². The molecule has 0 radical (unpaired) electrons. The lowest BCUT2D eigenvalue weighted by molar-refractivity contribution is -0.138. The maximum absolute atomic E-state index is 11.5. The first-order chi connectivity index (χ1) is 10.0. The molecule has 1 aromatic rings. The van der Waals surface area contributed by atoms with Gasteiger partial charge in [-0.15, -0.1) is 0 Å². The second kappa shape index (κ2) is 8.57. The van der Waals surface area contributed by atoms with Gasteiger partial charge in [0, 0.05) is 26.6 Å². The number of carboxylic acids is 1. The summed E-state index contributed by atoms with van der Waals surface area (Å²) in [4.78, 5) is 33.4. The Bertz CT molecular complexity index is 490. The van der Waals surface area contributed by atoms with Gasteiger partial charge in [0.2, 0.25) is 5.91 Å². The van der Waals surface area contributed by atoms with Crippen LogP contribution in [-0.2, 0) is 9.59 Å². The van der Waals surface area contributed by atoms with Crippen molar-refractivity contribution in [1.82, 2.24) is 16.0 Å². The highest BCUT2D eigenvalue weighted by atomic mass is 16.4. The fourth-order valence-electron chi connectivity index (χ4n) is 1.70. The number of urea groups is 1. The lowest BCUT2D eigenvalue weighted by Crippen LogP contribution is -2.42. The van der Waals surface area contributed by atoms with E-state index in [0.717, 1.165) is 0 Å². The number of hydrogen-bond donors (Lipinski definition) is 4. The van der Waals surface area contributed by atoms with Crippen molar-refractivity contribution in [3.63, 3.8) is 0 Å². The quantitative estimate of drug-likeness (QED) is 0.542. The summed E-state index contributed by atoms with van der Waals surface area (Å²) in [6, 6.07) is 8.23. The first-order valence-electron chi connectivity index (χ1n) is 6.54. The van der Waals surface area contributed by atoms with E-state index < -0.39 is 17.9 Å². The van der Waals surface area contributed by atoms with Crippen LogP contribution in [0.15, 0.2) is 30.3 Å². The summed E-state index contributed by atoms with van der Waals surface area (Å²) in [6.07, 6.45) is 0. The fraction of sp³-hybridized carbons (Fsp3) is 0.357. The van der Waals surface area contributed by atoms with Crippen molar-refractivity contribution < 1.29 is 19.5 Å². The summed E-state index contributed by atoms with van der Waals surface area (Å²) in [6.45, 7) is 1.97. The highest BCUT2D eigenvalue weighted by molar-refractivity contribution is 5.79. The number of amides is 3. The van der Waals surface area contributed by atoms with Crippen molar-refractivity contribution in [3.05, 3.63) is 35.9 Å². The summed E-state index contributed by atoms with van der Waals surface area (Å²) < 4.78 is 0. The summed E-state index contributed by atoms with van der Waals surface area (Å²) in [5.41, 5.74) is 0.628. The van der Waals surface area contributed by atoms with Crippen LogP contribution in [0.3, 0.4) is 0 Å². The second-order valence-electron chi connectivity index (χ2n) is 4.42. The molecule has 114 valence electrons. The van der Waals surface area contributed by atoms with E-state index in [-0.39, 0.29) is 19.0 Å². The Morgan fingerprint density at radius 1 is 1.05 bits per heavy atom. The Labute approximate surface area is 122 Å². The van der Waals surface area contributed by atoms with Gasteiger partial charge in [0.25, 0.3) is 0 Å². The number of rotatable bonds is 7. The molecule has 4 N–H and O–H groups in total. The lowest BCUT2D eigenvalue weighted by atomic mass is 9.99. The van der Waals surface area contributed by atoms with Gasteiger partial charge >= 0.3 is 12.0 Å². The highest BCUT2D eigenvalue weighted by Crippen LogP contribution is 2.14. The molecule has 1 rings (SSSR count). The summed E-state index contributed by atoms with van der Waals surface area (Å²) in [5, 5.41) is 16.8. The highest BCUT2D eigenvalue weighted by Gasteiger charge is 2.20. The predicted octanol–water partition coefficient (Wildman–Crippen LogP) is 0.290. The SMILES string of the molecule is CC(=O)NCCNC(=O)NCC(C(=O)O)c1ccccc1. The number of hydrogen-bond acceptors (Lipinski definition) is 3. The molecule has 0 saturated carbocycles. The predicted molar refractivity (Wildman–Crippen MR) is 76.9 cm³/mol. The van der Waals surface area contributed by atoms with Crippen molar-refractivity contribution in [2.24, 2.45) is 0 Å². The number of aliphatic carboxylic acids is 1. The van der Waals surface area contributed by atoms with Gasteiger partial charge in [-0.25, -0.2) is 4.79 Å². The molecular weight excluding hydrogens is 274 g/mol. The van der Waals surface area contributed by atoms with Gasteiger partial charge in [-0.05, 0) is 5.56 Å². The lowest BCUT2D eigenvalue weighted by Gasteiger charge is -2.14. The second-order valence-corrected chi connectivity index (χ2v) is 4.42. The molecule has 0 aliphatic carbocycles. The molecule has 0 aromatic heterocycles. The largest absolute Gasteiger partial charge is 0.481 e. The van der Waals surface area contributed by atoms with Gasteiger partial charge in [0.15, 0.2) is 0 Å². The zero-order valence-electron chi connectivity index (χ0n) is 11.8. The third-order valence-corrected chi connectivity index (χ3v) is 2.75. The number of carboxylic acid groups (broad SMARTS) is 1. The van der Waals surface area contributed by atoms with Crippen LogP contribution >= 0.6 is 0 Å². The topological polar surface area (TPSA) is 108 Å². The van der Waals surface area contributed by atoms with Gasteiger partial charge in [-0.2, -0.15) is 0 Å². The monoisotopic (exact) mass is 293 g/mol. The number of nitrogens with one attached hydrogen (secondary N) is 3. The summed E-state index contributed by atoms with van der Waals surface area (Å²) in [7, 11) is 0. The Morgan fingerprint density at radius 3 is 2.24 bits per heavy atom. The molecule has 21 heavy (non-hydrogen) atoms. The van der Waals surface area contributed by atoms with Gasteiger partial charge in [0.1, 0.15) is 0 Å². The maximum atomic E-state index is 11.5. The maximum Gasteiger partial charge on any atom is 0.314 e. The van der Waals surface area contributed by atoms with Crippen LogP contribution in [0, 0.1) is 0 Å². The minimum atomic E-state index is -1.00. The first-order valence-corrected chi connectivity index (χ1v) is 6.54. The zero-order chi connectivity index (χ0) is 15.7. The van der Waals surface area contributed by atoms with E-state index in [9.17, 15) is 19.5 Å². The van der Waals surface area contributed by atoms with E-state index in [2.05, 4.69) is 16.0 Å². The molecule has 0 fully saturated rings. The Hall–Kier alpha value is -2.57. The van der Waals surface area contributed by atoms with E-state index in [0.29, 0.717) is 12.1 Å². The molecule has 7 heteroatoms. The molecule has 1 atom stereocenters.